The third-order valence-electron chi connectivity index (χ3n) is 6.13. The summed E-state index contributed by atoms with van der Waals surface area (Å²) in [7, 11) is 0. The largest absolute Gasteiger partial charge is 0.378 e. The van der Waals surface area contributed by atoms with E-state index in [0.29, 0.717) is 60.2 Å². The summed E-state index contributed by atoms with van der Waals surface area (Å²) in [5.74, 6) is -0.174. The first-order chi connectivity index (χ1) is 16.2. The zero-order chi connectivity index (χ0) is 22.4. The number of aromatic nitrogens is 4. The van der Waals surface area contributed by atoms with Crippen molar-refractivity contribution >= 4 is 11.6 Å². The lowest BCUT2D eigenvalue weighted by molar-refractivity contribution is 0.0631. The number of ether oxygens (including phenoxy) is 2. The van der Waals surface area contributed by atoms with Crippen LogP contribution in [-0.4, -0.2) is 52.3 Å². The quantitative estimate of drug-likeness (QED) is 0.477. The molecule has 1 fully saturated rings. The molecule has 9 heteroatoms. The number of benzene rings is 1. The highest BCUT2D eigenvalue weighted by molar-refractivity contribution is 5.65. The van der Waals surface area contributed by atoms with Gasteiger partial charge in [-0.2, -0.15) is 0 Å². The molecule has 5 heterocycles. The molecule has 0 radical (unpaired) electrons. The number of nitrogens with zero attached hydrogens (tertiary/aromatic N) is 5. The van der Waals surface area contributed by atoms with Crippen LogP contribution in [0.3, 0.4) is 0 Å². The fraction of sp³-hybridized carbons (Fsp3) is 0.292. The zero-order valence-electron chi connectivity index (χ0n) is 17.7. The number of pyridine rings is 1. The Morgan fingerprint density at radius 1 is 0.970 bits per heavy atom. The van der Waals surface area contributed by atoms with E-state index in [1.54, 1.807) is 41.2 Å². The molecule has 0 N–H and O–H groups in total. The van der Waals surface area contributed by atoms with Crippen molar-refractivity contribution in [3.8, 4) is 11.1 Å². The van der Waals surface area contributed by atoms with Gasteiger partial charge in [-0.15, -0.1) is 0 Å². The second kappa shape index (κ2) is 8.17. The third-order valence-corrected chi connectivity index (χ3v) is 6.13. The predicted octanol–water partition coefficient (Wildman–Crippen LogP) is 3.57. The van der Waals surface area contributed by atoms with Gasteiger partial charge in [0, 0.05) is 60.9 Å². The zero-order valence-corrected chi connectivity index (χ0v) is 17.7. The van der Waals surface area contributed by atoms with Gasteiger partial charge in [0.15, 0.2) is 0 Å². The standard InChI is InChI=1S/C24H21F2N5O2/c25-18-4-2-1-3-16(18)23-22-20(5-8-33-23)29-21-11-19(26)17(14-31(21)22)15-12-27-24(28-13-15)30-6-9-32-10-7-30/h1-4,11-14,23H,5-10H2. The molecule has 1 unspecified atom stereocenters. The summed E-state index contributed by atoms with van der Waals surface area (Å²) in [6.45, 7) is 3.12. The second-order valence-electron chi connectivity index (χ2n) is 8.10. The molecular formula is C24H21F2N5O2. The van der Waals surface area contributed by atoms with Crippen molar-refractivity contribution in [2.24, 2.45) is 0 Å². The van der Waals surface area contributed by atoms with E-state index in [1.165, 1.54) is 12.1 Å². The van der Waals surface area contributed by atoms with E-state index in [4.69, 9.17) is 9.47 Å². The number of imidazole rings is 1. The SMILES string of the molecule is Fc1cc2nc3c(n2cc1-c1cnc(N2CCOCC2)nc1)C(c1ccccc1F)OCC3. The topological polar surface area (TPSA) is 64.8 Å². The Labute approximate surface area is 188 Å². The fourth-order valence-corrected chi connectivity index (χ4v) is 4.47. The van der Waals surface area contributed by atoms with Gasteiger partial charge in [-0.3, -0.25) is 4.40 Å². The Morgan fingerprint density at radius 2 is 1.76 bits per heavy atom. The molecule has 7 nitrogen and oxygen atoms in total. The highest BCUT2D eigenvalue weighted by atomic mass is 19.1. The van der Waals surface area contributed by atoms with Gasteiger partial charge in [-0.1, -0.05) is 18.2 Å². The van der Waals surface area contributed by atoms with E-state index in [2.05, 4.69) is 15.0 Å². The maximum Gasteiger partial charge on any atom is 0.225 e. The van der Waals surface area contributed by atoms with Crippen LogP contribution < -0.4 is 4.90 Å². The molecule has 0 bridgehead atoms. The molecule has 1 saturated heterocycles. The van der Waals surface area contributed by atoms with Gasteiger partial charge in [-0.25, -0.2) is 23.7 Å². The summed E-state index contributed by atoms with van der Waals surface area (Å²) in [5, 5.41) is 0. The number of halogens is 2. The van der Waals surface area contributed by atoms with Crippen molar-refractivity contribution in [2.45, 2.75) is 12.5 Å². The Balaban J connectivity index is 1.43. The highest BCUT2D eigenvalue weighted by Gasteiger charge is 2.30. The number of anilines is 1. The number of hydrogen-bond acceptors (Lipinski definition) is 6. The minimum Gasteiger partial charge on any atom is -0.378 e. The maximum atomic E-state index is 15.1. The minimum absolute atomic E-state index is 0.342. The molecule has 1 aromatic carbocycles. The van der Waals surface area contributed by atoms with Gasteiger partial charge in [0.1, 0.15) is 23.4 Å². The van der Waals surface area contributed by atoms with Crippen molar-refractivity contribution < 1.29 is 18.3 Å². The smallest absolute Gasteiger partial charge is 0.225 e. The van der Waals surface area contributed by atoms with Gasteiger partial charge in [0.25, 0.3) is 0 Å². The van der Waals surface area contributed by atoms with Crippen molar-refractivity contribution in [2.75, 3.05) is 37.8 Å². The van der Waals surface area contributed by atoms with Crippen LogP contribution in [0.2, 0.25) is 0 Å². The number of rotatable bonds is 3. The molecular weight excluding hydrogens is 428 g/mol. The molecule has 4 aromatic rings. The first-order valence-electron chi connectivity index (χ1n) is 10.9. The van der Waals surface area contributed by atoms with Crippen LogP contribution in [0.5, 0.6) is 0 Å². The van der Waals surface area contributed by atoms with E-state index < -0.39 is 11.9 Å². The van der Waals surface area contributed by atoms with E-state index >= 15 is 4.39 Å². The maximum absolute atomic E-state index is 15.1. The van der Waals surface area contributed by atoms with E-state index in [1.807, 2.05) is 4.90 Å². The van der Waals surface area contributed by atoms with Crippen LogP contribution in [0.1, 0.15) is 23.1 Å². The predicted molar refractivity (Wildman–Crippen MR) is 117 cm³/mol. The van der Waals surface area contributed by atoms with Gasteiger partial charge >= 0.3 is 0 Å². The van der Waals surface area contributed by atoms with Gasteiger partial charge in [-0.05, 0) is 6.07 Å². The van der Waals surface area contributed by atoms with Crippen LogP contribution in [0, 0.1) is 11.6 Å². The lowest BCUT2D eigenvalue weighted by atomic mass is 10.0. The average molecular weight is 449 g/mol. The number of fused-ring (bicyclic) bond motifs is 3. The number of morpholine rings is 1. The van der Waals surface area contributed by atoms with Crippen LogP contribution >= 0.6 is 0 Å². The Bertz CT molecular complexity index is 1320. The summed E-state index contributed by atoms with van der Waals surface area (Å²) in [4.78, 5) is 15.5. The molecule has 168 valence electrons. The Hall–Kier alpha value is -3.43. The summed E-state index contributed by atoms with van der Waals surface area (Å²) < 4.78 is 42.8. The monoisotopic (exact) mass is 449 g/mol. The first-order valence-corrected chi connectivity index (χ1v) is 10.9. The molecule has 2 aliphatic rings. The Kier molecular flexibility index (Phi) is 5.00. The van der Waals surface area contributed by atoms with Gasteiger partial charge in [0.05, 0.1) is 31.2 Å². The van der Waals surface area contributed by atoms with Crippen molar-refractivity contribution in [1.82, 2.24) is 19.4 Å². The molecule has 0 spiro atoms. The summed E-state index contributed by atoms with van der Waals surface area (Å²) >= 11 is 0. The summed E-state index contributed by atoms with van der Waals surface area (Å²) in [6, 6.07) is 7.93. The molecule has 2 aliphatic heterocycles. The summed E-state index contributed by atoms with van der Waals surface area (Å²) in [6.07, 6.45) is 4.87. The fourth-order valence-electron chi connectivity index (χ4n) is 4.47. The molecule has 6 rings (SSSR count). The molecule has 33 heavy (non-hydrogen) atoms. The van der Waals surface area contributed by atoms with Crippen LogP contribution in [-0.2, 0) is 15.9 Å². The molecule has 3 aromatic heterocycles. The normalized spacial score (nSPS) is 18.5. The molecule has 0 aliphatic carbocycles. The van der Waals surface area contributed by atoms with E-state index in [0.717, 1.165) is 18.8 Å². The van der Waals surface area contributed by atoms with Crippen molar-refractivity contribution in [3.05, 3.63) is 77.5 Å². The van der Waals surface area contributed by atoms with Crippen molar-refractivity contribution in [1.29, 1.82) is 0 Å². The highest BCUT2D eigenvalue weighted by Crippen LogP contribution is 2.36. The number of hydrogen-bond donors (Lipinski definition) is 0. The van der Waals surface area contributed by atoms with E-state index in [9.17, 15) is 4.39 Å². The molecule has 0 saturated carbocycles. The molecule has 0 amide bonds. The van der Waals surface area contributed by atoms with Crippen LogP contribution in [0.25, 0.3) is 16.8 Å². The van der Waals surface area contributed by atoms with Gasteiger partial charge < -0.3 is 14.4 Å². The van der Waals surface area contributed by atoms with Crippen LogP contribution in [0.15, 0.2) is 48.9 Å². The minimum atomic E-state index is -0.622. The lowest BCUT2D eigenvalue weighted by Crippen LogP contribution is -2.37. The van der Waals surface area contributed by atoms with Crippen LogP contribution in [0.4, 0.5) is 14.7 Å². The third kappa shape index (κ3) is 3.53. The van der Waals surface area contributed by atoms with E-state index in [-0.39, 0.29) is 5.82 Å². The van der Waals surface area contributed by atoms with Crippen molar-refractivity contribution in [3.63, 3.8) is 0 Å². The van der Waals surface area contributed by atoms with Gasteiger partial charge in [0.2, 0.25) is 5.95 Å². The Morgan fingerprint density at radius 3 is 2.55 bits per heavy atom. The lowest BCUT2D eigenvalue weighted by Gasteiger charge is -2.26. The first kappa shape index (κ1) is 20.2. The molecule has 1 atom stereocenters. The second-order valence-corrected chi connectivity index (χ2v) is 8.10. The average Bonchev–Trinajstić information content (AvgIpc) is 3.22. The summed E-state index contributed by atoms with van der Waals surface area (Å²) in [5.41, 5.74) is 3.28.